The number of amides is 1. The van der Waals surface area contributed by atoms with E-state index in [1.54, 1.807) is 0 Å². The van der Waals surface area contributed by atoms with Gasteiger partial charge in [-0.3, -0.25) is 4.79 Å². The zero-order chi connectivity index (χ0) is 22.5. The number of benzene rings is 2. The Labute approximate surface area is 179 Å². The lowest BCUT2D eigenvalue weighted by molar-refractivity contribution is -0.115. The maximum atomic E-state index is 14.0. The third-order valence-electron chi connectivity index (χ3n) is 5.27. The zero-order valence-corrected chi connectivity index (χ0v) is 19.0. The highest BCUT2D eigenvalue weighted by molar-refractivity contribution is 7.90. The minimum Gasteiger partial charge on any atom is -0.322 e. The summed E-state index contributed by atoms with van der Waals surface area (Å²) in [5, 5.41) is 5.69. The van der Waals surface area contributed by atoms with Crippen molar-refractivity contribution in [2.24, 2.45) is 5.92 Å². The van der Waals surface area contributed by atoms with Gasteiger partial charge in [-0.25, -0.2) is 12.8 Å². The molecule has 0 aliphatic rings. The molecule has 2 aromatic carbocycles. The lowest BCUT2D eigenvalue weighted by atomic mass is 9.92. The Hall–Kier alpha value is -2.25. The summed E-state index contributed by atoms with van der Waals surface area (Å²) < 4.78 is 37.3. The Kier molecular flexibility index (Phi) is 8.15. The SMILES string of the molecule is CCC(C)c1ccc(C(NCC(=O)Nc2cc(S(C)(=O)=O)ccc2F)C(C)C)cc1. The summed E-state index contributed by atoms with van der Waals surface area (Å²) >= 11 is 0. The monoisotopic (exact) mass is 434 g/mol. The molecule has 0 bridgehead atoms. The van der Waals surface area contributed by atoms with E-state index in [2.05, 4.69) is 62.6 Å². The smallest absolute Gasteiger partial charge is 0.238 e. The van der Waals surface area contributed by atoms with Crippen molar-refractivity contribution in [3.8, 4) is 0 Å². The molecule has 0 spiro atoms. The second-order valence-corrected chi connectivity index (χ2v) is 10.1. The third-order valence-corrected chi connectivity index (χ3v) is 6.38. The summed E-state index contributed by atoms with van der Waals surface area (Å²) in [6, 6.07) is 11.7. The predicted molar refractivity (Wildman–Crippen MR) is 119 cm³/mol. The van der Waals surface area contributed by atoms with E-state index in [4.69, 9.17) is 0 Å². The number of hydrogen-bond acceptors (Lipinski definition) is 4. The van der Waals surface area contributed by atoms with E-state index in [1.807, 2.05) is 0 Å². The van der Waals surface area contributed by atoms with Crippen molar-refractivity contribution in [3.05, 3.63) is 59.4 Å². The van der Waals surface area contributed by atoms with Gasteiger partial charge >= 0.3 is 0 Å². The van der Waals surface area contributed by atoms with Crippen LogP contribution in [-0.2, 0) is 14.6 Å². The number of sulfone groups is 1. The first-order valence-electron chi connectivity index (χ1n) is 10.2. The number of nitrogens with one attached hydrogen (secondary N) is 2. The van der Waals surface area contributed by atoms with E-state index < -0.39 is 21.6 Å². The van der Waals surface area contributed by atoms with Crippen LogP contribution in [0.5, 0.6) is 0 Å². The second-order valence-electron chi connectivity index (χ2n) is 8.04. The topological polar surface area (TPSA) is 75.3 Å². The van der Waals surface area contributed by atoms with Crippen molar-refractivity contribution in [2.45, 2.75) is 51.0 Å². The van der Waals surface area contributed by atoms with Gasteiger partial charge in [0.25, 0.3) is 0 Å². The first kappa shape index (κ1) is 24.0. The number of carbonyl (C=O) groups excluding carboxylic acids is 1. The molecular weight excluding hydrogens is 403 g/mol. The zero-order valence-electron chi connectivity index (χ0n) is 18.2. The summed E-state index contributed by atoms with van der Waals surface area (Å²) in [7, 11) is -3.50. The van der Waals surface area contributed by atoms with Crippen LogP contribution in [0.25, 0.3) is 0 Å². The summed E-state index contributed by atoms with van der Waals surface area (Å²) in [4.78, 5) is 12.3. The van der Waals surface area contributed by atoms with Gasteiger partial charge in [0.2, 0.25) is 5.91 Å². The number of anilines is 1. The van der Waals surface area contributed by atoms with Gasteiger partial charge in [0, 0.05) is 12.3 Å². The Morgan fingerprint density at radius 1 is 1.03 bits per heavy atom. The maximum Gasteiger partial charge on any atom is 0.238 e. The molecule has 0 radical (unpaired) electrons. The minimum atomic E-state index is -3.50. The number of rotatable bonds is 9. The average molecular weight is 435 g/mol. The molecule has 0 aromatic heterocycles. The van der Waals surface area contributed by atoms with Gasteiger partial charge in [-0.1, -0.05) is 52.0 Å². The van der Waals surface area contributed by atoms with Crippen LogP contribution in [-0.4, -0.2) is 27.1 Å². The number of halogens is 1. The second kappa shape index (κ2) is 10.2. The molecule has 0 saturated heterocycles. The number of hydrogen-bond donors (Lipinski definition) is 2. The molecule has 0 aliphatic heterocycles. The van der Waals surface area contributed by atoms with Gasteiger partial charge in [0.1, 0.15) is 5.82 Å². The minimum absolute atomic E-state index is 0.0293. The molecule has 2 unspecified atom stereocenters. The molecule has 0 fully saturated rings. The quantitative estimate of drug-likeness (QED) is 0.563. The van der Waals surface area contributed by atoms with Crippen LogP contribution in [0.3, 0.4) is 0 Å². The van der Waals surface area contributed by atoms with Gasteiger partial charge in [-0.2, -0.15) is 0 Å². The largest absolute Gasteiger partial charge is 0.322 e. The van der Waals surface area contributed by atoms with Crippen molar-refractivity contribution in [1.29, 1.82) is 0 Å². The molecule has 2 aromatic rings. The molecule has 2 atom stereocenters. The summed E-state index contributed by atoms with van der Waals surface area (Å²) in [5.74, 6) is -0.399. The fourth-order valence-electron chi connectivity index (χ4n) is 3.23. The Morgan fingerprint density at radius 3 is 2.17 bits per heavy atom. The lowest BCUT2D eigenvalue weighted by Gasteiger charge is -2.23. The molecule has 30 heavy (non-hydrogen) atoms. The van der Waals surface area contributed by atoms with Crippen LogP contribution in [0.15, 0.2) is 47.4 Å². The molecule has 0 aliphatic carbocycles. The van der Waals surface area contributed by atoms with Crippen LogP contribution in [0, 0.1) is 11.7 Å². The molecule has 2 N–H and O–H groups in total. The van der Waals surface area contributed by atoms with Crippen molar-refractivity contribution < 1.29 is 17.6 Å². The highest BCUT2D eigenvalue weighted by Gasteiger charge is 2.18. The van der Waals surface area contributed by atoms with Crippen molar-refractivity contribution >= 4 is 21.4 Å². The normalized spacial score (nSPS) is 13.8. The van der Waals surface area contributed by atoms with Crippen LogP contribution in [0.1, 0.15) is 57.2 Å². The lowest BCUT2D eigenvalue weighted by Crippen LogP contribution is -2.33. The molecular formula is C23H31FN2O3S. The summed E-state index contributed by atoms with van der Waals surface area (Å²) in [5.41, 5.74) is 2.21. The van der Waals surface area contributed by atoms with E-state index in [0.29, 0.717) is 5.92 Å². The predicted octanol–water partition coefficient (Wildman–Crippen LogP) is 4.67. The molecule has 7 heteroatoms. The van der Waals surface area contributed by atoms with Gasteiger partial charge in [-0.05, 0) is 47.6 Å². The van der Waals surface area contributed by atoms with E-state index in [-0.39, 0.29) is 29.1 Å². The Balaban J connectivity index is 2.07. The molecule has 1 amide bonds. The molecule has 0 heterocycles. The first-order chi connectivity index (χ1) is 14.0. The Bertz CT molecular complexity index is 972. The van der Waals surface area contributed by atoms with E-state index in [9.17, 15) is 17.6 Å². The van der Waals surface area contributed by atoms with Gasteiger partial charge in [-0.15, -0.1) is 0 Å². The molecule has 2 rings (SSSR count). The van der Waals surface area contributed by atoms with Crippen LogP contribution in [0.4, 0.5) is 10.1 Å². The van der Waals surface area contributed by atoms with E-state index >= 15 is 0 Å². The first-order valence-corrected chi connectivity index (χ1v) is 12.0. The third kappa shape index (κ3) is 6.37. The van der Waals surface area contributed by atoms with Crippen molar-refractivity contribution in [2.75, 3.05) is 18.1 Å². The van der Waals surface area contributed by atoms with Crippen LogP contribution >= 0.6 is 0 Å². The van der Waals surface area contributed by atoms with Crippen LogP contribution in [0.2, 0.25) is 0 Å². The summed E-state index contributed by atoms with van der Waals surface area (Å²) in [6.07, 6.45) is 2.11. The summed E-state index contributed by atoms with van der Waals surface area (Å²) in [6.45, 7) is 8.44. The highest BCUT2D eigenvalue weighted by Crippen LogP contribution is 2.25. The van der Waals surface area contributed by atoms with Crippen molar-refractivity contribution in [1.82, 2.24) is 5.32 Å². The van der Waals surface area contributed by atoms with E-state index in [1.165, 1.54) is 11.6 Å². The Morgan fingerprint density at radius 2 is 1.63 bits per heavy atom. The molecule has 0 saturated carbocycles. The van der Waals surface area contributed by atoms with Gasteiger partial charge in [0.05, 0.1) is 17.1 Å². The molecule has 164 valence electrons. The van der Waals surface area contributed by atoms with E-state index in [0.717, 1.165) is 30.4 Å². The van der Waals surface area contributed by atoms with Gasteiger partial charge in [0.15, 0.2) is 9.84 Å². The maximum absolute atomic E-state index is 14.0. The van der Waals surface area contributed by atoms with Gasteiger partial charge < -0.3 is 10.6 Å². The fourth-order valence-corrected chi connectivity index (χ4v) is 3.88. The number of carbonyl (C=O) groups is 1. The molecule has 5 nitrogen and oxygen atoms in total. The van der Waals surface area contributed by atoms with Crippen LogP contribution < -0.4 is 10.6 Å². The average Bonchev–Trinajstić information content (AvgIpc) is 2.68. The standard InChI is InChI=1S/C23H31FN2O3S/c1-6-16(4)17-7-9-18(10-8-17)23(15(2)3)25-14-22(27)26-21-13-19(30(5,28)29)11-12-20(21)24/h7-13,15-16,23,25H,6,14H2,1-5H3,(H,26,27). The van der Waals surface area contributed by atoms with Crippen molar-refractivity contribution in [3.63, 3.8) is 0 Å². The fraction of sp³-hybridized carbons (Fsp3) is 0.435. The highest BCUT2D eigenvalue weighted by atomic mass is 32.2.